The predicted molar refractivity (Wildman–Crippen MR) is 95.0 cm³/mol. The summed E-state index contributed by atoms with van der Waals surface area (Å²) in [5, 5.41) is 0. The normalized spacial score (nSPS) is 10.8. The number of hydrogen-bond acceptors (Lipinski definition) is 9. The Morgan fingerprint density at radius 1 is 0.750 bits per heavy atom. The van der Waals surface area contributed by atoms with Gasteiger partial charge in [0.15, 0.2) is 11.8 Å². The molecule has 0 aliphatic heterocycles. The summed E-state index contributed by atoms with van der Waals surface area (Å²) in [5.41, 5.74) is 0. The van der Waals surface area contributed by atoms with E-state index in [0.29, 0.717) is 0 Å². The molecule has 1 aromatic rings. The van der Waals surface area contributed by atoms with E-state index < -0.39 is 41.6 Å². The molecule has 0 aromatic carbocycles. The Morgan fingerprint density at radius 2 is 1.11 bits per heavy atom. The van der Waals surface area contributed by atoms with Gasteiger partial charge in [0.25, 0.3) is 0 Å². The topological polar surface area (TPSA) is 118 Å². The monoisotopic (exact) mass is 398 g/mol. The van der Waals surface area contributed by atoms with E-state index in [-0.39, 0.29) is 32.2 Å². The lowest BCUT2D eigenvalue weighted by atomic mass is 9.79. The van der Waals surface area contributed by atoms with Crippen LogP contribution in [-0.4, -0.2) is 50.3 Å². The zero-order chi connectivity index (χ0) is 21.1. The van der Waals surface area contributed by atoms with Crippen LogP contribution in [0, 0.1) is 11.8 Å². The molecular formula is C19H26O9. The Labute approximate surface area is 163 Å². The lowest BCUT2D eigenvalue weighted by Gasteiger charge is -2.27. The van der Waals surface area contributed by atoms with Crippen LogP contribution in [-0.2, 0) is 38.1 Å². The Balaban J connectivity index is 3.54. The van der Waals surface area contributed by atoms with Gasteiger partial charge >= 0.3 is 23.9 Å². The highest BCUT2D eigenvalue weighted by molar-refractivity contribution is 6.01. The molecule has 0 aliphatic rings. The van der Waals surface area contributed by atoms with Gasteiger partial charge in [0.2, 0.25) is 0 Å². The molecule has 0 bridgehead atoms. The summed E-state index contributed by atoms with van der Waals surface area (Å²) in [5.74, 6) is -8.32. The van der Waals surface area contributed by atoms with Gasteiger partial charge in [0, 0.05) is 0 Å². The molecule has 0 atom stereocenters. The molecule has 0 fully saturated rings. The van der Waals surface area contributed by atoms with E-state index >= 15 is 0 Å². The van der Waals surface area contributed by atoms with Crippen LogP contribution in [0.4, 0.5) is 0 Å². The van der Waals surface area contributed by atoms with E-state index in [4.69, 9.17) is 23.4 Å². The van der Waals surface area contributed by atoms with Crippen molar-refractivity contribution in [3.63, 3.8) is 0 Å². The van der Waals surface area contributed by atoms with Crippen molar-refractivity contribution in [3.05, 3.63) is 24.2 Å². The van der Waals surface area contributed by atoms with Crippen LogP contribution < -0.4 is 0 Å². The molecule has 0 aliphatic carbocycles. The van der Waals surface area contributed by atoms with Crippen LogP contribution >= 0.6 is 0 Å². The average molecular weight is 398 g/mol. The van der Waals surface area contributed by atoms with Crippen molar-refractivity contribution in [1.29, 1.82) is 0 Å². The minimum atomic E-state index is -1.62. The van der Waals surface area contributed by atoms with Gasteiger partial charge in [0.05, 0.1) is 38.6 Å². The van der Waals surface area contributed by atoms with E-state index in [2.05, 4.69) is 0 Å². The third-order valence-corrected chi connectivity index (χ3v) is 3.75. The second kappa shape index (κ2) is 11.8. The van der Waals surface area contributed by atoms with Gasteiger partial charge in [-0.05, 0) is 39.8 Å². The molecular weight excluding hydrogens is 372 g/mol. The maximum atomic E-state index is 12.6. The third-order valence-electron chi connectivity index (χ3n) is 3.75. The van der Waals surface area contributed by atoms with E-state index in [1.54, 1.807) is 27.7 Å². The van der Waals surface area contributed by atoms with Crippen molar-refractivity contribution in [3.8, 4) is 0 Å². The van der Waals surface area contributed by atoms with Gasteiger partial charge in [-0.2, -0.15) is 0 Å². The minimum absolute atomic E-state index is 0.0108. The molecule has 0 unspecified atom stereocenters. The second-order valence-corrected chi connectivity index (χ2v) is 5.50. The van der Waals surface area contributed by atoms with Crippen LogP contribution in [0.25, 0.3) is 0 Å². The van der Waals surface area contributed by atoms with Crippen LogP contribution in [0.5, 0.6) is 0 Å². The summed E-state index contributed by atoms with van der Waals surface area (Å²) in [6.07, 6.45) is 1.29. The van der Waals surface area contributed by atoms with Gasteiger partial charge in [-0.25, -0.2) is 0 Å². The van der Waals surface area contributed by atoms with Crippen molar-refractivity contribution in [2.45, 2.75) is 33.6 Å². The number of furan rings is 1. The number of rotatable bonds is 11. The lowest BCUT2D eigenvalue weighted by Crippen LogP contribution is -2.43. The molecule has 0 N–H and O–H groups in total. The van der Waals surface area contributed by atoms with Crippen molar-refractivity contribution < 1.29 is 42.5 Å². The molecule has 1 aromatic heterocycles. The fraction of sp³-hybridized carbons (Fsp3) is 0.579. The Morgan fingerprint density at radius 3 is 1.36 bits per heavy atom. The fourth-order valence-corrected chi connectivity index (χ4v) is 2.71. The quantitative estimate of drug-likeness (QED) is 0.312. The smallest absolute Gasteiger partial charge is 0.321 e. The summed E-state index contributed by atoms with van der Waals surface area (Å²) in [4.78, 5) is 50.4. The zero-order valence-electron chi connectivity index (χ0n) is 16.5. The number of carbonyl (C=O) groups excluding carboxylic acids is 4. The van der Waals surface area contributed by atoms with Crippen LogP contribution in [0.1, 0.15) is 39.4 Å². The largest absolute Gasteiger partial charge is 0.469 e. The maximum absolute atomic E-state index is 12.6. The molecule has 0 saturated heterocycles. The minimum Gasteiger partial charge on any atom is -0.469 e. The first kappa shape index (κ1) is 23.2. The highest BCUT2D eigenvalue weighted by Crippen LogP contribution is 2.36. The van der Waals surface area contributed by atoms with Crippen molar-refractivity contribution in [2.75, 3.05) is 26.4 Å². The lowest BCUT2D eigenvalue weighted by molar-refractivity contribution is -0.169. The third kappa shape index (κ3) is 5.83. The highest BCUT2D eigenvalue weighted by atomic mass is 16.6. The Hall–Kier alpha value is -2.84. The Bertz CT molecular complexity index is 574. The fourth-order valence-electron chi connectivity index (χ4n) is 2.71. The first-order valence-electron chi connectivity index (χ1n) is 9.12. The summed E-state index contributed by atoms with van der Waals surface area (Å²) in [6, 6.07) is 2.95. The molecule has 1 heterocycles. The van der Waals surface area contributed by atoms with Crippen molar-refractivity contribution in [2.24, 2.45) is 11.8 Å². The van der Waals surface area contributed by atoms with Gasteiger partial charge < -0.3 is 23.4 Å². The van der Waals surface area contributed by atoms with Gasteiger partial charge in [-0.15, -0.1) is 0 Å². The molecule has 1 rings (SSSR count). The predicted octanol–water partition coefficient (Wildman–Crippen LogP) is 1.85. The summed E-state index contributed by atoms with van der Waals surface area (Å²) in [6.45, 7) is 6.22. The SMILES string of the molecule is CCOC(=O)C(C(=O)OCC)C(c1ccco1)C(C(=O)OCC)C(=O)OCC. The number of esters is 4. The van der Waals surface area contributed by atoms with E-state index in [1.165, 1.54) is 18.4 Å². The summed E-state index contributed by atoms with van der Waals surface area (Å²) < 4.78 is 25.3. The number of carbonyl (C=O) groups is 4. The van der Waals surface area contributed by atoms with E-state index in [9.17, 15) is 19.2 Å². The van der Waals surface area contributed by atoms with Crippen LogP contribution in [0.15, 0.2) is 22.8 Å². The van der Waals surface area contributed by atoms with Crippen LogP contribution in [0.3, 0.4) is 0 Å². The maximum Gasteiger partial charge on any atom is 0.321 e. The molecule has 28 heavy (non-hydrogen) atoms. The molecule has 0 saturated carbocycles. The highest BCUT2D eigenvalue weighted by Gasteiger charge is 2.51. The number of hydrogen-bond donors (Lipinski definition) is 0. The van der Waals surface area contributed by atoms with E-state index in [0.717, 1.165) is 0 Å². The van der Waals surface area contributed by atoms with E-state index in [1.807, 2.05) is 0 Å². The summed E-state index contributed by atoms with van der Waals surface area (Å²) >= 11 is 0. The molecule has 156 valence electrons. The molecule has 0 amide bonds. The molecule has 0 spiro atoms. The van der Waals surface area contributed by atoms with Gasteiger partial charge in [-0.1, -0.05) is 0 Å². The van der Waals surface area contributed by atoms with Gasteiger partial charge in [-0.3, -0.25) is 19.2 Å². The average Bonchev–Trinajstić information content (AvgIpc) is 3.16. The summed E-state index contributed by atoms with van der Waals surface area (Å²) in [7, 11) is 0. The van der Waals surface area contributed by atoms with Crippen molar-refractivity contribution >= 4 is 23.9 Å². The molecule has 0 radical (unpaired) electrons. The second-order valence-electron chi connectivity index (χ2n) is 5.50. The van der Waals surface area contributed by atoms with Crippen molar-refractivity contribution in [1.82, 2.24) is 0 Å². The molecule has 9 heteroatoms. The first-order chi connectivity index (χ1) is 13.4. The van der Waals surface area contributed by atoms with Gasteiger partial charge in [0.1, 0.15) is 5.76 Å². The number of ether oxygens (including phenoxy) is 4. The first-order valence-corrected chi connectivity index (χ1v) is 9.12. The molecule has 9 nitrogen and oxygen atoms in total. The standard InChI is InChI=1S/C19H26O9/c1-5-24-16(20)14(17(21)25-6-2)13(12-10-9-11-28-12)15(18(22)26-7-3)19(23)27-8-4/h9-11,13-15H,5-8H2,1-4H3. The Kier molecular flexibility index (Phi) is 9.76. The zero-order valence-corrected chi connectivity index (χ0v) is 16.5. The van der Waals surface area contributed by atoms with Crippen LogP contribution in [0.2, 0.25) is 0 Å².